The molecule has 1 aliphatic rings. The molecule has 1 nitrogen and oxygen atoms in total. The third-order valence-corrected chi connectivity index (χ3v) is 3.29. The molecule has 0 bridgehead atoms. The predicted molar refractivity (Wildman–Crippen MR) is 54.8 cm³/mol. The summed E-state index contributed by atoms with van der Waals surface area (Å²) in [4.78, 5) is -1.73. The Morgan fingerprint density at radius 3 is 1.94 bits per heavy atom. The summed E-state index contributed by atoms with van der Waals surface area (Å²) in [5, 5.41) is 0. The molecule has 0 spiro atoms. The van der Waals surface area contributed by atoms with Crippen molar-refractivity contribution in [2.24, 2.45) is 0 Å². The van der Waals surface area contributed by atoms with E-state index in [4.69, 9.17) is 4.74 Å². The summed E-state index contributed by atoms with van der Waals surface area (Å²) in [5.41, 5.74) is 0. The van der Waals surface area contributed by atoms with E-state index in [-0.39, 0.29) is 12.5 Å². The van der Waals surface area contributed by atoms with E-state index in [0.29, 0.717) is 11.8 Å². The summed E-state index contributed by atoms with van der Waals surface area (Å²) >= 11 is 0. The Balaban J connectivity index is 2.93. The fourth-order valence-electron chi connectivity index (χ4n) is 1.32. The monoisotopic (exact) mass is 264 g/mol. The third-order valence-electron chi connectivity index (χ3n) is 1.96. The number of allylic oxidation sites excluding steroid dienone is 4. The first-order chi connectivity index (χ1) is 6.88. The summed E-state index contributed by atoms with van der Waals surface area (Å²) in [5.74, 6) is 0.306. The van der Waals surface area contributed by atoms with Crippen LogP contribution >= 0.6 is 10.2 Å². The molecule has 0 amide bonds. The van der Waals surface area contributed by atoms with Crippen LogP contribution in [0.2, 0.25) is 0 Å². The van der Waals surface area contributed by atoms with Crippen LogP contribution in [0.4, 0.5) is 19.4 Å². The lowest BCUT2D eigenvalue weighted by Gasteiger charge is -2.43. The second kappa shape index (κ2) is 3.15. The average molecular weight is 264 g/mol. The highest BCUT2D eigenvalue weighted by molar-refractivity contribution is 8.48. The topological polar surface area (TPSA) is 9.23 Å². The maximum Gasteiger partial charge on any atom is 0.307 e. The van der Waals surface area contributed by atoms with Gasteiger partial charge in [0.25, 0.3) is 0 Å². The van der Waals surface area contributed by atoms with Crippen LogP contribution < -0.4 is 0 Å². The van der Waals surface area contributed by atoms with Gasteiger partial charge in [0.05, 0.1) is 16.8 Å². The van der Waals surface area contributed by atoms with Crippen molar-refractivity contribution in [1.82, 2.24) is 0 Å². The fraction of sp³-hybridized carbons (Fsp3) is 0.556. The standard InChI is InChI=1S/C9H13F5OS/c1-7(2)15-8-3-5-9(6-4-8)16(10,11,12,13)14/h3,5,7H,4,6H2,1-2H3. The van der Waals surface area contributed by atoms with E-state index in [1.807, 2.05) is 0 Å². The predicted octanol–water partition coefficient (Wildman–Crippen LogP) is 5.27. The Labute approximate surface area is 90.7 Å². The molecule has 0 fully saturated rings. The molecule has 0 N–H and O–H groups in total. The molecule has 0 atom stereocenters. The molecule has 0 aliphatic heterocycles. The second-order valence-corrected chi connectivity index (χ2v) is 6.36. The highest BCUT2D eigenvalue weighted by Gasteiger charge is 2.66. The molecule has 1 rings (SSSR count). The maximum absolute atomic E-state index is 12.4. The van der Waals surface area contributed by atoms with Gasteiger partial charge in [0, 0.05) is 6.42 Å². The van der Waals surface area contributed by atoms with Gasteiger partial charge in [-0.2, -0.15) is 0 Å². The fourth-order valence-corrected chi connectivity index (χ4v) is 2.13. The smallest absolute Gasteiger partial charge is 0.307 e. The average Bonchev–Trinajstić information content (AvgIpc) is 1.99. The van der Waals surface area contributed by atoms with Gasteiger partial charge in [-0.1, -0.05) is 19.4 Å². The van der Waals surface area contributed by atoms with E-state index in [1.165, 1.54) is 0 Å². The second-order valence-electron chi connectivity index (χ2n) is 3.90. The van der Waals surface area contributed by atoms with Gasteiger partial charge >= 0.3 is 10.2 Å². The van der Waals surface area contributed by atoms with Crippen LogP contribution in [0.5, 0.6) is 0 Å². The molecule has 0 unspecified atom stereocenters. The SMILES string of the molecule is CC(C)OC1=CC=C(S(F)(F)(F)(F)F)CC1. The lowest BCUT2D eigenvalue weighted by Crippen LogP contribution is -2.12. The number of rotatable bonds is 3. The van der Waals surface area contributed by atoms with Crippen molar-refractivity contribution < 1.29 is 24.2 Å². The lowest BCUT2D eigenvalue weighted by atomic mass is 10.1. The van der Waals surface area contributed by atoms with E-state index in [0.717, 1.165) is 6.08 Å². The van der Waals surface area contributed by atoms with Gasteiger partial charge in [-0.15, -0.1) is 0 Å². The summed E-state index contributed by atoms with van der Waals surface area (Å²) in [6, 6.07) is 0. The number of halogens is 5. The first kappa shape index (κ1) is 13.3. The number of hydrogen-bond acceptors (Lipinski definition) is 1. The van der Waals surface area contributed by atoms with Crippen molar-refractivity contribution in [3.8, 4) is 0 Å². The van der Waals surface area contributed by atoms with Crippen molar-refractivity contribution in [3.05, 3.63) is 22.8 Å². The van der Waals surface area contributed by atoms with Gasteiger partial charge in [0.15, 0.2) is 0 Å². The van der Waals surface area contributed by atoms with Crippen LogP contribution in [-0.2, 0) is 4.74 Å². The van der Waals surface area contributed by atoms with E-state index >= 15 is 0 Å². The van der Waals surface area contributed by atoms with Crippen molar-refractivity contribution >= 4 is 10.2 Å². The Bertz CT molecular complexity index is 351. The van der Waals surface area contributed by atoms with E-state index in [1.54, 1.807) is 13.8 Å². The first-order valence-electron chi connectivity index (χ1n) is 4.69. The van der Waals surface area contributed by atoms with Crippen LogP contribution in [0.25, 0.3) is 0 Å². The van der Waals surface area contributed by atoms with E-state index in [2.05, 4.69) is 0 Å². The molecule has 96 valence electrons. The largest absolute Gasteiger partial charge is 0.495 e. The molecular formula is C9H13F5OS. The minimum absolute atomic E-state index is 0.143. The minimum Gasteiger partial charge on any atom is -0.495 e. The zero-order chi connectivity index (χ0) is 12.7. The molecule has 0 saturated heterocycles. The van der Waals surface area contributed by atoms with Gasteiger partial charge in [0.2, 0.25) is 0 Å². The highest BCUT2D eigenvalue weighted by Crippen LogP contribution is 3.02. The maximum atomic E-state index is 12.4. The van der Waals surface area contributed by atoms with Crippen molar-refractivity contribution in [1.29, 1.82) is 0 Å². The molecule has 7 heteroatoms. The van der Waals surface area contributed by atoms with Gasteiger partial charge in [0.1, 0.15) is 0 Å². The Hall–Kier alpha value is -0.720. The van der Waals surface area contributed by atoms with E-state index < -0.39 is 21.5 Å². The van der Waals surface area contributed by atoms with Crippen LogP contribution in [0.15, 0.2) is 22.8 Å². The minimum atomic E-state index is -9.46. The molecule has 0 heterocycles. The molecule has 0 aromatic heterocycles. The van der Waals surface area contributed by atoms with E-state index in [9.17, 15) is 19.4 Å². The Morgan fingerprint density at radius 1 is 1.06 bits per heavy atom. The van der Waals surface area contributed by atoms with Gasteiger partial charge < -0.3 is 4.74 Å². The summed E-state index contributed by atoms with van der Waals surface area (Å²) < 4.78 is 66.9. The summed E-state index contributed by atoms with van der Waals surface area (Å²) in [7, 11) is -9.46. The normalized spacial score (nSPS) is 22.0. The van der Waals surface area contributed by atoms with Crippen molar-refractivity contribution in [3.63, 3.8) is 0 Å². The summed E-state index contributed by atoms with van der Waals surface area (Å²) in [6.45, 7) is 3.43. The van der Waals surface area contributed by atoms with Crippen molar-refractivity contribution in [2.45, 2.75) is 32.8 Å². The first-order valence-corrected chi connectivity index (χ1v) is 6.64. The molecule has 0 aromatic carbocycles. The van der Waals surface area contributed by atoms with Crippen LogP contribution in [0.3, 0.4) is 0 Å². The number of ether oxygens (including phenoxy) is 1. The Kier molecular flexibility index (Phi) is 2.63. The van der Waals surface area contributed by atoms with Crippen LogP contribution in [0.1, 0.15) is 26.7 Å². The highest BCUT2D eigenvalue weighted by atomic mass is 32.5. The zero-order valence-electron chi connectivity index (χ0n) is 8.85. The molecule has 1 aliphatic carbocycles. The molecule has 0 radical (unpaired) electrons. The lowest BCUT2D eigenvalue weighted by molar-refractivity contribution is 0.139. The zero-order valence-corrected chi connectivity index (χ0v) is 9.67. The van der Waals surface area contributed by atoms with Gasteiger partial charge in [-0.3, -0.25) is 0 Å². The van der Waals surface area contributed by atoms with Gasteiger partial charge in [-0.05, 0) is 32.4 Å². The third kappa shape index (κ3) is 3.70. The van der Waals surface area contributed by atoms with Crippen LogP contribution in [-0.4, -0.2) is 6.10 Å². The quantitative estimate of drug-likeness (QED) is 0.631. The number of hydrogen-bond donors (Lipinski definition) is 0. The van der Waals surface area contributed by atoms with Crippen molar-refractivity contribution in [2.75, 3.05) is 0 Å². The molecule has 16 heavy (non-hydrogen) atoms. The Morgan fingerprint density at radius 2 is 1.62 bits per heavy atom. The molecule has 0 saturated carbocycles. The van der Waals surface area contributed by atoms with Gasteiger partial charge in [-0.25, -0.2) is 0 Å². The molecular weight excluding hydrogens is 251 g/mol. The molecule has 0 aromatic rings. The van der Waals surface area contributed by atoms with Crippen LogP contribution in [0, 0.1) is 0 Å². The summed E-state index contributed by atoms with van der Waals surface area (Å²) in [6.07, 6.45) is 0.340.